The molecule has 2 aromatic rings. The number of carbonyl (C=O) groups is 2. The van der Waals surface area contributed by atoms with E-state index in [0.29, 0.717) is 11.3 Å². The highest BCUT2D eigenvalue weighted by Crippen LogP contribution is 2.37. The predicted octanol–water partition coefficient (Wildman–Crippen LogP) is 2.63. The number of benzene rings is 2. The summed E-state index contributed by atoms with van der Waals surface area (Å²) in [4.78, 5) is 28.2. The van der Waals surface area contributed by atoms with Gasteiger partial charge in [0.1, 0.15) is 5.71 Å². The monoisotopic (exact) mass is 279 g/mol. The summed E-state index contributed by atoms with van der Waals surface area (Å²) >= 11 is 0. The van der Waals surface area contributed by atoms with Gasteiger partial charge >= 0.3 is 11.7 Å². The quantitative estimate of drug-likeness (QED) is 0.638. The van der Waals surface area contributed by atoms with E-state index < -0.39 is 11.7 Å². The second-order valence-electron chi connectivity index (χ2n) is 4.76. The molecule has 1 aliphatic heterocycles. The van der Waals surface area contributed by atoms with Crippen molar-refractivity contribution in [2.75, 3.05) is 0 Å². The highest BCUT2D eigenvalue weighted by molar-refractivity contribution is 6.33. The third-order valence-electron chi connectivity index (χ3n) is 3.22. The molecule has 0 saturated carbocycles. The molecule has 0 N–H and O–H groups in total. The maximum atomic E-state index is 12.7. The molecular weight excluding hydrogens is 266 g/mol. The number of nitrogens with zero attached hydrogens (tertiary/aromatic N) is 1. The van der Waals surface area contributed by atoms with Crippen molar-refractivity contribution in [1.82, 2.24) is 0 Å². The van der Waals surface area contributed by atoms with Crippen molar-refractivity contribution in [3.8, 4) is 0 Å². The lowest BCUT2D eigenvalue weighted by atomic mass is 9.99. The van der Waals surface area contributed by atoms with E-state index in [-0.39, 0.29) is 5.78 Å². The zero-order chi connectivity index (χ0) is 14.9. The maximum Gasteiger partial charge on any atom is 0.310 e. The van der Waals surface area contributed by atoms with Crippen LogP contribution < -0.4 is 0 Å². The Kier molecular flexibility index (Phi) is 3.14. The molecule has 1 atom stereocenters. The Bertz CT molecular complexity index is 722. The van der Waals surface area contributed by atoms with E-state index >= 15 is 0 Å². The smallest absolute Gasteiger partial charge is 0.310 e. The van der Waals surface area contributed by atoms with Crippen LogP contribution in [-0.4, -0.2) is 23.2 Å². The van der Waals surface area contributed by atoms with E-state index in [9.17, 15) is 9.59 Å². The van der Waals surface area contributed by atoms with Gasteiger partial charge in [-0.2, -0.15) is 0 Å². The Labute approximate surface area is 122 Å². The number of carbonyl (C=O) groups excluding carboxylic acids is 2. The van der Waals surface area contributed by atoms with Gasteiger partial charge in [0, 0.05) is 18.1 Å². The number of ether oxygens (including phenoxy) is 1. The van der Waals surface area contributed by atoms with Crippen LogP contribution in [0.25, 0.3) is 0 Å². The highest BCUT2D eigenvalue weighted by atomic mass is 16.6. The van der Waals surface area contributed by atoms with Crippen LogP contribution in [0.3, 0.4) is 0 Å². The van der Waals surface area contributed by atoms with Crippen molar-refractivity contribution in [2.45, 2.75) is 12.6 Å². The van der Waals surface area contributed by atoms with Crippen molar-refractivity contribution in [1.29, 1.82) is 0 Å². The van der Waals surface area contributed by atoms with Crippen molar-refractivity contribution in [2.24, 2.45) is 4.99 Å². The zero-order valence-electron chi connectivity index (χ0n) is 11.4. The minimum absolute atomic E-state index is 0.322. The molecule has 0 aromatic heterocycles. The number of esters is 1. The SMILES string of the molecule is CC(=O)OC1(C(=O)c2ccccc2)N=C1c1ccccc1. The maximum absolute atomic E-state index is 12.7. The largest absolute Gasteiger partial charge is 0.423 e. The molecule has 0 spiro atoms. The summed E-state index contributed by atoms with van der Waals surface area (Å²) in [5, 5.41) is 0. The molecule has 4 heteroatoms. The Morgan fingerprint density at radius 2 is 1.52 bits per heavy atom. The van der Waals surface area contributed by atoms with E-state index in [2.05, 4.69) is 4.99 Å². The van der Waals surface area contributed by atoms with E-state index in [1.807, 2.05) is 36.4 Å². The molecule has 0 amide bonds. The van der Waals surface area contributed by atoms with Crippen molar-refractivity contribution in [3.63, 3.8) is 0 Å². The number of hydrogen-bond donors (Lipinski definition) is 0. The normalized spacial score (nSPS) is 19.6. The van der Waals surface area contributed by atoms with E-state index in [1.54, 1.807) is 24.3 Å². The Morgan fingerprint density at radius 1 is 0.952 bits per heavy atom. The van der Waals surface area contributed by atoms with Crippen LogP contribution in [0.4, 0.5) is 0 Å². The van der Waals surface area contributed by atoms with Crippen molar-refractivity contribution < 1.29 is 14.3 Å². The molecule has 3 rings (SSSR count). The van der Waals surface area contributed by atoms with Crippen LogP contribution >= 0.6 is 0 Å². The first-order valence-electron chi connectivity index (χ1n) is 6.59. The number of Topliss-reactive ketones (excluding diaryl/α,β-unsaturated/α-hetero) is 1. The van der Waals surface area contributed by atoms with E-state index in [1.165, 1.54) is 6.92 Å². The first kappa shape index (κ1) is 13.2. The summed E-state index contributed by atoms with van der Waals surface area (Å²) in [5.41, 5.74) is 0.248. The minimum atomic E-state index is -1.49. The summed E-state index contributed by atoms with van der Waals surface area (Å²) in [6.07, 6.45) is 0. The average molecular weight is 279 g/mol. The zero-order valence-corrected chi connectivity index (χ0v) is 11.4. The van der Waals surface area contributed by atoms with Gasteiger partial charge in [0.15, 0.2) is 0 Å². The van der Waals surface area contributed by atoms with E-state index in [0.717, 1.165) is 5.56 Å². The molecule has 0 bridgehead atoms. The summed E-state index contributed by atoms with van der Waals surface area (Å²) in [6.45, 7) is 1.27. The van der Waals surface area contributed by atoms with Crippen LogP contribution in [-0.2, 0) is 9.53 Å². The molecule has 2 aromatic carbocycles. The second-order valence-corrected chi connectivity index (χ2v) is 4.76. The minimum Gasteiger partial charge on any atom is -0.423 e. The lowest BCUT2D eigenvalue weighted by molar-refractivity contribution is -0.145. The van der Waals surface area contributed by atoms with Gasteiger partial charge in [0.2, 0.25) is 5.78 Å². The van der Waals surface area contributed by atoms with Crippen molar-refractivity contribution >= 4 is 17.5 Å². The predicted molar refractivity (Wildman–Crippen MR) is 78.2 cm³/mol. The molecule has 1 unspecified atom stereocenters. The van der Waals surface area contributed by atoms with Gasteiger partial charge in [-0.1, -0.05) is 60.7 Å². The summed E-state index contributed by atoms with van der Waals surface area (Å²) < 4.78 is 5.24. The molecule has 104 valence electrons. The van der Waals surface area contributed by atoms with Gasteiger partial charge in [-0.05, 0) is 0 Å². The van der Waals surface area contributed by atoms with Gasteiger partial charge in [0.25, 0.3) is 0 Å². The molecule has 4 nitrogen and oxygen atoms in total. The fourth-order valence-corrected chi connectivity index (χ4v) is 2.25. The highest BCUT2D eigenvalue weighted by Gasteiger charge is 2.58. The second kappa shape index (κ2) is 4.98. The van der Waals surface area contributed by atoms with Crippen LogP contribution in [0.15, 0.2) is 65.7 Å². The number of hydrogen-bond acceptors (Lipinski definition) is 4. The molecule has 1 heterocycles. The van der Waals surface area contributed by atoms with Gasteiger partial charge in [-0.15, -0.1) is 0 Å². The van der Waals surface area contributed by atoms with Crippen LogP contribution in [0.1, 0.15) is 22.8 Å². The third kappa shape index (κ3) is 2.36. The number of aliphatic imine (C=N–C) groups is 1. The molecule has 0 radical (unpaired) electrons. The molecule has 0 saturated heterocycles. The van der Waals surface area contributed by atoms with Gasteiger partial charge in [-0.3, -0.25) is 9.59 Å². The Hall–Kier alpha value is -2.75. The van der Waals surface area contributed by atoms with E-state index in [4.69, 9.17) is 4.74 Å². The summed E-state index contributed by atoms with van der Waals surface area (Å²) in [6, 6.07) is 18.0. The standard InChI is InChI=1S/C17H13NO3/c1-12(19)21-17(16(20)14-10-6-3-7-11-14)15(18-17)13-8-4-2-5-9-13/h2-11H,1H3. The first-order valence-corrected chi connectivity index (χ1v) is 6.59. The molecule has 0 fully saturated rings. The van der Waals surface area contributed by atoms with Crippen LogP contribution in [0, 0.1) is 0 Å². The number of ketones is 1. The lowest BCUT2D eigenvalue weighted by Gasteiger charge is -2.14. The molecule has 1 aliphatic rings. The topological polar surface area (TPSA) is 55.7 Å². The Morgan fingerprint density at radius 3 is 2.10 bits per heavy atom. The molecule has 21 heavy (non-hydrogen) atoms. The van der Waals surface area contributed by atoms with Crippen LogP contribution in [0.5, 0.6) is 0 Å². The average Bonchev–Trinajstić information content (AvgIpc) is 3.23. The molecule has 0 aliphatic carbocycles. The van der Waals surface area contributed by atoms with Gasteiger partial charge < -0.3 is 4.74 Å². The fraction of sp³-hybridized carbons (Fsp3) is 0.118. The third-order valence-corrected chi connectivity index (χ3v) is 3.22. The van der Waals surface area contributed by atoms with Crippen molar-refractivity contribution in [3.05, 3.63) is 71.8 Å². The van der Waals surface area contributed by atoms with Gasteiger partial charge in [-0.25, -0.2) is 4.99 Å². The fourth-order valence-electron chi connectivity index (χ4n) is 2.25. The summed E-state index contributed by atoms with van der Waals surface area (Å²) in [7, 11) is 0. The number of rotatable bonds is 4. The van der Waals surface area contributed by atoms with Gasteiger partial charge in [0.05, 0.1) is 0 Å². The Balaban J connectivity index is 1.95. The summed E-state index contributed by atoms with van der Waals surface area (Å²) in [5.74, 6) is -0.855. The molecular formula is C17H13NO3. The lowest BCUT2D eigenvalue weighted by Crippen LogP contribution is -2.35. The van der Waals surface area contributed by atoms with Crippen LogP contribution in [0.2, 0.25) is 0 Å². The first-order chi connectivity index (χ1) is 10.1.